The first-order valence-electron chi connectivity index (χ1n) is 19.8. The molecule has 0 rings (SSSR count). The Morgan fingerprint density at radius 3 is 0.818 bits per heavy atom. The van der Waals surface area contributed by atoms with Crippen molar-refractivity contribution in [2.75, 3.05) is 13.1 Å². The van der Waals surface area contributed by atoms with E-state index in [4.69, 9.17) is 12.2 Å². The van der Waals surface area contributed by atoms with Gasteiger partial charge in [-0.1, -0.05) is 224 Å². The highest BCUT2D eigenvalue weighted by molar-refractivity contribution is 8.11. The molecular formula is C39H76N2OS2. The van der Waals surface area contributed by atoms with Gasteiger partial charge in [0.15, 0.2) is 0 Å². The topological polar surface area (TPSA) is 41.5 Å². The van der Waals surface area contributed by atoms with Gasteiger partial charge < -0.3 is 5.32 Å². The predicted octanol–water partition coefficient (Wildman–Crippen LogP) is 13.8. The summed E-state index contributed by atoms with van der Waals surface area (Å²) in [5.41, 5.74) is 0. The van der Waals surface area contributed by atoms with Gasteiger partial charge in [0.05, 0.1) is 6.54 Å². The summed E-state index contributed by atoms with van der Waals surface area (Å²) >= 11 is 8.99. The van der Waals surface area contributed by atoms with E-state index in [0.717, 1.165) is 13.0 Å². The minimum Gasteiger partial charge on any atom is -0.371 e. The van der Waals surface area contributed by atoms with E-state index in [0.29, 0.717) is 10.9 Å². The lowest BCUT2D eigenvalue weighted by atomic mass is 10.0. The van der Waals surface area contributed by atoms with Crippen molar-refractivity contribution >= 4 is 35.2 Å². The number of nitrogens with zero attached hydrogens (tertiary/aromatic N) is 1. The summed E-state index contributed by atoms with van der Waals surface area (Å²) in [7, 11) is 0. The van der Waals surface area contributed by atoms with Gasteiger partial charge in [0.1, 0.15) is 4.32 Å². The molecule has 3 nitrogen and oxygen atoms in total. The van der Waals surface area contributed by atoms with Gasteiger partial charge in [-0.3, -0.25) is 0 Å². The normalized spacial score (nSPS) is 11.1. The van der Waals surface area contributed by atoms with Crippen LogP contribution in [0.4, 0.5) is 0 Å². The number of thiol groups is 1. The fraction of sp³-hybridized carbons (Fsp3) is 0.949. The van der Waals surface area contributed by atoms with Gasteiger partial charge in [-0.15, -0.1) is 12.6 Å². The predicted molar refractivity (Wildman–Crippen MR) is 204 cm³/mol. The van der Waals surface area contributed by atoms with E-state index in [-0.39, 0.29) is 0 Å². The van der Waals surface area contributed by atoms with E-state index in [1.807, 2.05) is 0 Å². The molecule has 0 aliphatic rings. The SMILES string of the molecule is O=C=NCCCCCCCCCCCCCCCCCCCCCCCCCCCCCCCCCCCCCNC(=S)S. The quantitative estimate of drug-likeness (QED) is 0.0229. The minimum atomic E-state index is 0.627. The van der Waals surface area contributed by atoms with E-state index >= 15 is 0 Å². The van der Waals surface area contributed by atoms with Crippen molar-refractivity contribution in [2.24, 2.45) is 4.99 Å². The van der Waals surface area contributed by atoms with Crippen molar-refractivity contribution in [3.8, 4) is 0 Å². The van der Waals surface area contributed by atoms with Crippen molar-refractivity contribution in [3.63, 3.8) is 0 Å². The van der Waals surface area contributed by atoms with Crippen LogP contribution in [0.25, 0.3) is 0 Å². The van der Waals surface area contributed by atoms with Crippen molar-refractivity contribution in [2.45, 2.75) is 225 Å². The lowest BCUT2D eigenvalue weighted by molar-refractivity contribution is 0.510. The second-order valence-electron chi connectivity index (χ2n) is 13.6. The number of unbranched alkanes of at least 4 members (excludes halogenated alkanes) is 34. The van der Waals surface area contributed by atoms with Gasteiger partial charge in [-0.25, -0.2) is 9.79 Å². The summed E-state index contributed by atoms with van der Waals surface area (Å²) < 4.78 is 0.627. The van der Waals surface area contributed by atoms with Gasteiger partial charge >= 0.3 is 0 Å². The molecular weight excluding hydrogens is 577 g/mol. The standard InChI is InChI=1S/C39H76N2OS2/c42-38-40-36-34-32-30-28-26-24-22-20-18-16-14-12-10-8-6-4-2-1-3-5-7-9-11-13-15-17-19-21-23-25-27-29-31-33-35-37-41-39(43)44/h1-37H2,(H2,41,43,44). The van der Waals surface area contributed by atoms with Crippen molar-refractivity contribution in [1.82, 2.24) is 5.32 Å². The Kier molecular flexibility index (Phi) is 40.3. The Labute approximate surface area is 287 Å². The first-order valence-corrected chi connectivity index (χ1v) is 20.6. The number of carbonyl (C=O) groups excluding carboxylic acids is 1. The number of rotatable bonds is 38. The van der Waals surface area contributed by atoms with Crippen molar-refractivity contribution < 1.29 is 4.79 Å². The van der Waals surface area contributed by atoms with Crippen LogP contribution in [0.3, 0.4) is 0 Å². The third-order valence-electron chi connectivity index (χ3n) is 9.29. The molecule has 0 unspecified atom stereocenters. The van der Waals surface area contributed by atoms with Crippen LogP contribution in [0.2, 0.25) is 0 Å². The zero-order chi connectivity index (χ0) is 31.9. The van der Waals surface area contributed by atoms with Gasteiger partial charge in [0, 0.05) is 6.54 Å². The maximum atomic E-state index is 10.0. The minimum absolute atomic E-state index is 0.627. The van der Waals surface area contributed by atoms with Gasteiger partial charge in [-0.05, 0) is 12.8 Å². The van der Waals surface area contributed by atoms with Gasteiger partial charge in [-0.2, -0.15) is 0 Å². The first-order chi connectivity index (χ1) is 21.8. The molecule has 0 spiro atoms. The Morgan fingerprint density at radius 1 is 0.409 bits per heavy atom. The zero-order valence-electron chi connectivity index (χ0n) is 29.4. The maximum Gasteiger partial charge on any atom is 0.234 e. The number of hydrogen-bond donors (Lipinski definition) is 2. The summed E-state index contributed by atoms with van der Waals surface area (Å²) in [6.07, 6.45) is 51.1. The van der Waals surface area contributed by atoms with Crippen molar-refractivity contribution in [3.05, 3.63) is 0 Å². The van der Waals surface area contributed by atoms with Crippen LogP contribution >= 0.6 is 24.8 Å². The summed E-state index contributed by atoms with van der Waals surface area (Å²) in [5, 5.41) is 3.11. The molecule has 0 radical (unpaired) electrons. The molecule has 0 amide bonds. The zero-order valence-corrected chi connectivity index (χ0v) is 31.1. The molecule has 260 valence electrons. The maximum absolute atomic E-state index is 10.0. The second kappa shape index (κ2) is 40.6. The molecule has 0 aliphatic heterocycles. The summed E-state index contributed by atoms with van der Waals surface area (Å²) in [6.45, 7) is 1.65. The fourth-order valence-electron chi connectivity index (χ4n) is 6.39. The Morgan fingerprint density at radius 2 is 0.614 bits per heavy atom. The number of nitrogens with one attached hydrogen (secondary N) is 1. The highest BCUT2D eigenvalue weighted by atomic mass is 32.1. The Bertz CT molecular complexity index is 571. The lowest BCUT2D eigenvalue weighted by Crippen LogP contribution is -2.17. The Hall–Kier alpha value is -0.380. The molecule has 0 bridgehead atoms. The molecule has 1 N–H and O–H groups in total. The van der Waals surface area contributed by atoms with E-state index in [1.165, 1.54) is 218 Å². The van der Waals surface area contributed by atoms with Crippen LogP contribution in [-0.2, 0) is 4.79 Å². The summed E-state index contributed by atoms with van der Waals surface area (Å²) in [4.78, 5) is 13.6. The largest absolute Gasteiger partial charge is 0.371 e. The second-order valence-corrected chi connectivity index (χ2v) is 14.7. The molecule has 0 heterocycles. The van der Waals surface area contributed by atoms with Crippen LogP contribution in [0.15, 0.2) is 4.99 Å². The molecule has 0 aromatic heterocycles. The number of thiocarbonyl (C=S) groups is 1. The first kappa shape index (κ1) is 43.6. The molecule has 0 aromatic carbocycles. The monoisotopic (exact) mass is 653 g/mol. The van der Waals surface area contributed by atoms with E-state index in [1.54, 1.807) is 6.08 Å². The molecule has 0 atom stereocenters. The molecule has 0 saturated carbocycles. The van der Waals surface area contributed by atoms with E-state index < -0.39 is 0 Å². The molecule has 0 aromatic rings. The molecule has 44 heavy (non-hydrogen) atoms. The van der Waals surface area contributed by atoms with Crippen LogP contribution in [-0.4, -0.2) is 23.5 Å². The highest BCUT2D eigenvalue weighted by Crippen LogP contribution is 2.17. The fourth-order valence-corrected chi connectivity index (χ4v) is 6.60. The Balaban J connectivity index is 3.05. The third kappa shape index (κ3) is 41.6. The molecule has 5 heteroatoms. The summed E-state index contributed by atoms with van der Waals surface area (Å²) in [6, 6.07) is 0. The van der Waals surface area contributed by atoms with E-state index in [9.17, 15) is 4.79 Å². The van der Waals surface area contributed by atoms with Crippen LogP contribution in [0, 0.1) is 0 Å². The van der Waals surface area contributed by atoms with E-state index in [2.05, 4.69) is 22.9 Å². The molecule has 0 aliphatic carbocycles. The van der Waals surface area contributed by atoms with Crippen LogP contribution in [0.1, 0.15) is 225 Å². The number of hydrogen-bond acceptors (Lipinski definition) is 3. The summed E-state index contributed by atoms with van der Waals surface area (Å²) in [5.74, 6) is 0. The average Bonchev–Trinajstić information content (AvgIpc) is 3.02. The van der Waals surface area contributed by atoms with Crippen LogP contribution < -0.4 is 5.32 Å². The smallest absolute Gasteiger partial charge is 0.234 e. The van der Waals surface area contributed by atoms with Gasteiger partial charge in [0.25, 0.3) is 0 Å². The lowest BCUT2D eigenvalue weighted by Gasteiger charge is -2.05. The van der Waals surface area contributed by atoms with Gasteiger partial charge in [0.2, 0.25) is 6.08 Å². The molecule has 0 saturated heterocycles. The molecule has 0 fully saturated rings. The number of aliphatic imine (C=N–C) groups is 1. The average molecular weight is 653 g/mol. The van der Waals surface area contributed by atoms with Crippen molar-refractivity contribution in [1.29, 1.82) is 0 Å². The third-order valence-corrected chi connectivity index (χ3v) is 9.59. The highest BCUT2D eigenvalue weighted by Gasteiger charge is 1.98. The van der Waals surface area contributed by atoms with Crippen LogP contribution in [0.5, 0.6) is 0 Å². The number of isocyanates is 1.